The van der Waals surface area contributed by atoms with Crippen molar-refractivity contribution >= 4 is 0 Å². The molecule has 0 rings (SSSR count). The van der Waals surface area contributed by atoms with Gasteiger partial charge in [0, 0.05) is 12.0 Å². The molecule has 0 atom stereocenters. The van der Waals surface area contributed by atoms with E-state index in [4.69, 9.17) is 14.2 Å². The highest BCUT2D eigenvalue weighted by Crippen LogP contribution is 2.36. The lowest BCUT2D eigenvalue weighted by Gasteiger charge is -2.43. The second kappa shape index (κ2) is 8.82. The van der Waals surface area contributed by atoms with Crippen LogP contribution in [0.1, 0.15) is 88.5 Å². The van der Waals surface area contributed by atoms with E-state index in [1.165, 1.54) is 0 Å². The van der Waals surface area contributed by atoms with Crippen LogP contribution in [-0.2, 0) is 14.2 Å². The van der Waals surface area contributed by atoms with Gasteiger partial charge in [-0.05, 0) is 60.8 Å². The monoisotopic (exact) mass is 330 g/mol. The Morgan fingerprint density at radius 3 is 1.65 bits per heavy atom. The normalized spacial score (nSPS) is 14.3. The highest BCUT2D eigenvalue weighted by atomic mass is 16.5. The van der Waals surface area contributed by atoms with Crippen molar-refractivity contribution in [3.8, 4) is 0 Å². The van der Waals surface area contributed by atoms with Crippen molar-refractivity contribution in [2.45, 2.75) is 105 Å². The van der Waals surface area contributed by atoms with Crippen molar-refractivity contribution in [1.29, 1.82) is 0 Å². The van der Waals surface area contributed by atoms with Crippen molar-refractivity contribution in [1.82, 2.24) is 0 Å². The molecule has 0 aromatic rings. The van der Waals surface area contributed by atoms with Crippen LogP contribution in [0.4, 0.5) is 0 Å². The topological polar surface area (TPSA) is 27.7 Å². The van der Waals surface area contributed by atoms with E-state index in [2.05, 4.69) is 62.3 Å². The number of hydrogen-bond acceptors (Lipinski definition) is 3. The minimum atomic E-state index is -0.252. The van der Waals surface area contributed by atoms with E-state index in [9.17, 15) is 0 Å². The zero-order valence-corrected chi connectivity index (χ0v) is 17.5. The Hall–Kier alpha value is -0.120. The van der Waals surface area contributed by atoms with E-state index < -0.39 is 0 Å². The van der Waals surface area contributed by atoms with E-state index in [-0.39, 0.29) is 22.2 Å². The molecule has 0 spiro atoms. The maximum absolute atomic E-state index is 6.26. The first-order valence-electron chi connectivity index (χ1n) is 9.26. The van der Waals surface area contributed by atoms with Gasteiger partial charge in [0.2, 0.25) is 0 Å². The smallest absolute Gasteiger partial charge is 0.0699 e. The van der Waals surface area contributed by atoms with Crippen LogP contribution < -0.4 is 0 Å². The van der Waals surface area contributed by atoms with Gasteiger partial charge in [0.15, 0.2) is 0 Å². The number of ether oxygens (including phenoxy) is 3. The lowest BCUT2D eigenvalue weighted by Crippen LogP contribution is -2.47. The number of hydrogen-bond donors (Lipinski definition) is 0. The summed E-state index contributed by atoms with van der Waals surface area (Å²) in [5.74, 6) is 0. The van der Waals surface area contributed by atoms with Gasteiger partial charge >= 0.3 is 0 Å². The third-order valence-corrected chi connectivity index (χ3v) is 5.61. The highest BCUT2D eigenvalue weighted by Gasteiger charge is 2.40. The molecule has 0 radical (unpaired) electrons. The molecule has 0 aromatic carbocycles. The van der Waals surface area contributed by atoms with Crippen molar-refractivity contribution < 1.29 is 14.2 Å². The van der Waals surface area contributed by atoms with E-state index in [1.807, 2.05) is 6.92 Å². The van der Waals surface area contributed by atoms with Crippen molar-refractivity contribution in [2.24, 2.45) is 5.41 Å². The van der Waals surface area contributed by atoms with Crippen LogP contribution in [0.5, 0.6) is 0 Å². The Balaban J connectivity index is 4.59. The van der Waals surface area contributed by atoms with Crippen molar-refractivity contribution in [2.75, 3.05) is 19.8 Å². The predicted molar refractivity (Wildman–Crippen MR) is 99.1 cm³/mol. The van der Waals surface area contributed by atoms with E-state index in [0.717, 1.165) is 25.9 Å². The molecule has 0 fully saturated rings. The molecule has 0 bridgehead atoms. The average Bonchev–Trinajstić information content (AvgIpc) is 2.44. The molecule has 0 amide bonds. The summed E-state index contributed by atoms with van der Waals surface area (Å²) in [6, 6.07) is 0. The third kappa shape index (κ3) is 7.53. The molecule has 23 heavy (non-hydrogen) atoms. The van der Waals surface area contributed by atoms with Gasteiger partial charge in [0.25, 0.3) is 0 Å². The molecule has 0 aliphatic heterocycles. The average molecular weight is 331 g/mol. The van der Waals surface area contributed by atoms with Gasteiger partial charge in [-0.2, -0.15) is 0 Å². The lowest BCUT2D eigenvalue weighted by atomic mass is 9.77. The molecule has 0 unspecified atom stereocenters. The SMILES string of the molecule is CCOC(C)(C)CCOC(C)(C)C(C)(C)COC(C)(CC)CC. The third-order valence-electron chi connectivity index (χ3n) is 5.61. The highest BCUT2D eigenvalue weighted by molar-refractivity contribution is 4.89. The summed E-state index contributed by atoms with van der Waals surface area (Å²) in [5, 5.41) is 0. The van der Waals surface area contributed by atoms with Crippen LogP contribution in [0.2, 0.25) is 0 Å². The first kappa shape index (κ1) is 22.9. The van der Waals surface area contributed by atoms with Crippen LogP contribution in [-0.4, -0.2) is 36.6 Å². The van der Waals surface area contributed by atoms with Crippen LogP contribution >= 0.6 is 0 Å². The van der Waals surface area contributed by atoms with Gasteiger partial charge in [0.1, 0.15) is 0 Å². The molecule has 0 aliphatic carbocycles. The fraction of sp³-hybridized carbons (Fsp3) is 1.00. The Kier molecular flexibility index (Phi) is 8.78. The second-order valence-corrected chi connectivity index (χ2v) is 8.63. The van der Waals surface area contributed by atoms with Crippen LogP contribution in [0.25, 0.3) is 0 Å². The quantitative estimate of drug-likeness (QED) is 0.465. The van der Waals surface area contributed by atoms with Gasteiger partial charge in [-0.1, -0.05) is 27.7 Å². The predicted octanol–water partition coefficient (Wildman–Crippen LogP) is 5.61. The molecule has 3 nitrogen and oxygen atoms in total. The Labute approximate surface area is 145 Å². The second-order valence-electron chi connectivity index (χ2n) is 8.63. The summed E-state index contributed by atoms with van der Waals surface area (Å²) < 4.78 is 18.3. The van der Waals surface area contributed by atoms with Gasteiger partial charge in [-0.25, -0.2) is 0 Å². The fourth-order valence-electron chi connectivity index (χ4n) is 2.19. The molecular weight excluding hydrogens is 288 g/mol. The molecule has 3 heteroatoms. The summed E-state index contributed by atoms with van der Waals surface area (Å²) in [6.07, 6.45) is 2.95. The van der Waals surface area contributed by atoms with Crippen LogP contribution in [0, 0.1) is 5.41 Å². The van der Waals surface area contributed by atoms with E-state index >= 15 is 0 Å². The van der Waals surface area contributed by atoms with Crippen molar-refractivity contribution in [3.63, 3.8) is 0 Å². The largest absolute Gasteiger partial charge is 0.376 e. The van der Waals surface area contributed by atoms with Crippen LogP contribution in [0.15, 0.2) is 0 Å². The molecule has 0 aliphatic rings. The van der Waals surface area contributed by atoms with Crippen LogP contribution in [0.3, 0.4) is 0 Å². The molecule has 0 N–H and O–H groups in total. The zero-order valence-electron chi connectivity index (χ0n) is 17.5. The maximum Gasteiger partial charge on any atom is 0.0699 e. The standard InChI is InChI=1S/C20H42O3/c1-11-20(10,12-2)23-16-17(4,5)19(8,9)22-15-14-18(6,7)21-13-3/h11-16H2,1-10H3. The molecule has 140 valence electrons. The maximum atomic E-state index is 6.26. The molecule has 0 saturated carbocycles. The summed E-state index contributed by atoms with van der Waals surface area (Å²) >= 11 is 0. The molecule has 0 aromatic heterocycles. The number of rotatable bonds is 12. The molecule has 0 saturated heterocycles. The van der Waals surface area contributed by atoms with Gasteiger partial charge in [0.05, 0.1) is 30.0 Å². The summed E-state index contributed by atoms with van der Waals surface area (Å²) in [7, 11) is 0. The Morgan fingerprint density at radius 1 is 0.696 bits per heavy atom. The lowest BCUT2D eigenvalue weighted by molar-refractivity contribution is -0.160. The minimum Gasteiger partial charge on any atom is -0.376 e. The Bertz CT molecular complexity index is 328. The summed E-state index contributed by atoms with van der Waals surface area (Å²) in [4.78, 5) is 0. The summed E-state index contributed by atoms with van der Waals surface area (Å²) in [6.45, 7) is 23.8. The van der Waals surface area contributed by atoms with Crippen molar-refractivity contribution in [3.05, 3.63) is 0 Å². The first-order chi connectivity index (χ1) is 10.3. The summed E-state index contributed by atoms with van der Waals surface area (Å²) in [5.41, 5.74) is -0.481. The molecule has 0 heterocycles. The van der Waals surface area contributed by atoms with Gasteiger partial charge < -0.3 is 14.2 Å². The first-order valence-corrected chi connectivity index (χ1v) is 9.26. The molecular formula is C20H42O3. The fourth-order valence-corrected chi connectivity index (χ4v) is 2.19. The minimum absolute atomic E-state index is 0.0374. The van der Waals surface area contributed by atoms with Gasteiger partial charge in [-0.15, -0.1) is 0 Å². The zero-order chi connectivity index (χ0) is 18.4. The van der Waals surface area contributed by atoms with E-state index in [0.29, 0.717) is 13.2 Å². The van der Waals surface area contributed by atoms with Gasteiger partial charge in [-0.3, -0.25) is 0 Å². The van der Waals surface area contributed by atoms with E-state index in [1.54, 1.807) is 0 Å². The Morgan fingerprint density at radius 2 is 1.22 bits per heavy atom.